The van der Waals surface area contributed by atoms with Crippen molar-refractivity contribution >= 4 is 11.8 Å². The van der Waals surface area contributed by atoms with E-state index in [4.69, 9.17) is 71.1 Å². The lowest BCUT2D eigenvalue weighted by Gasteiger charge is -2.50. The molecule has 8 aliphatic heterocycles. The van der Waals surface area contributed by atoms with E-state index in [-0.39, 0.29) is 0 Å². The van der Waals surface area contributed by atoms with Crippen molar-refractivity contribution in [3.8, 4) is 0 Å². The molecule has 26 N–H and O–H groups in total. The maximum Gasteiger partial charge on any atom is 0.217 e. The number of aliphatic hydroxyl groups is 24. The first-order valence-electron chi connectivity index (χ1n) is 30.1. The van der Waals surface area contributed by atoms with E-state index in [1.165, 1.54) is 0 Å². The Morgan fingerprint density at radius 2 is 0.547 bits per heavy atom. The second-order valence-corrected chi connectivity index (χ2v) is 23.9. The molecule has 8 heterocycles. The molecular formula is C52H88N2O41. The summed E-state index contributed by atoms with van der Waals surface area (Å²) in [6, 6.07) is -3.46. The summed E-state index contributed by atoms with van der Waals surface area (Å²) in [5.74, 6) is -1.67. The SMILES string of the molecule is CC(=O)N[C@@H]1[C@@H](O)[C@H](O[C@@H]2O[C@H](CO)[C@@H](O[C@@H]3O[C@H](CO[C@H]4O[C@H](CO[C@H]5O[C@H](CO)[C@@H](O)[C@H](O)[C@@H]5O)[C@@H](O)[C@H](O[C@H]5O[C@H](CO)[C@@H](O)[C@H](O)[C@@H]5O)[C@@H]4O)[C@@H](O)[C@H](O[C@H]4O[C@H](CO)[C@@H](O[C@H]5O[C@H](CO)[C@@H](O)[C@H](O)[C@@H]5O)[C@H](O)[C@@H]4O)[C@@H]3O)[C@H](O)[C@H]2NC(C)=O)[C@@H](CO)O[C@H]1O. The summed E-state index contributed by atoms with van der Waals surface area (Å²) >= 11 is 0. The van der Waals surface area contributed by atoms with Gasteiger partial charge in [0, 0.05) is 13.8 Å². The Bertz CT molecular complexity index is 2380. The van der Waals surface area contributed by atoms with Crippen molar-refractivity contribution in [3.63, 3.8) is 0 Å². The molecule has 8 aliphatic rings. The van der Waals surface area contributed by atoms with Crippen LogP contribution in [-0.2, 0) is 80.6 Å². The highest BCUT2D eigenvalue weighted by atomic mass is 16.8. The van der Waals surface area contributed by atoms with Crippen LogP contribution in [0.2, 0.25) is 0 Å². The number of hydrogen-bond donors (Lipinski definition) is 26. The smallest absolute Gasteiger partial charge is 0.217 e. The van der Waals surface area contributed by atoms with Crippen molar-refractivity contribution in [1.29, 1.82) is 0 Å². The van der Waals surface area contributed by atoms with Crippen LogP contribution in [0.25, 0.3) is 0 Å². The van der Waals surface area contributed by atoms with Gasteiger partial charge in [-0.05, 0) is 0 Å². The minimum Gasteiger partial charge on any atom is -0.394 e. The standard InChI is InChI=1S/C52H88N2O41/c1-11(61)53-21-28(68)40(16(6-58)83-45(21)80)91-46-22(54-12(2)62)29(69)41(17(7-59)87-46)92-52-39(79)44(95-51-37(77)33(73)42(18(8-60)88-51)93-49-35(75)31(71)24(64)14(4-56)85-49)27(67)20(90-52)10-82-48-38(78)43(94-50-36(76)32(72)25(65)15(5-57)86-50)26(66)19(89-48)9-81-47-34(74)30(70)23(63)13(3-55)84-47/h13-52,55-60,63-80H,3-10H2,1-2H3,(H,53,61)(H,54,62)/t13-,14-,15-,16-,17-,18-,19-,20-,21-,22-,23-,24-,25-,26-,27-,28-,29-,30+,31+,32+,33-,34+,35+,36+,37+,38+,39+,40-,41-,42-,43+,44+,45-,46+,47+,48+,49-,50-,51-,52+/m1/s1. The molecule has 8 rings (SSSR count). The minimum atomic E-state index is -2.45. The molecule has 0 saturated carbocycles. The Morgan fingerprint density at radius 1 is 0.274 bits per heavy atom. The summed E-state index contributed by atoms with van der Waals surface area (Å²) in [5, 5.41) is 265. The Hall–Kier alpha value is -2.62. The first kappa shape index (κ1) is 78.1. The molecule has 95 heavy (non-hydrogen) atoms. The van der Waals surface area contributed by atoms with Crippen molar-refractivity contribution in [1.82, 2.24) is 10.6 Å². The van der Waals surface area contributed by atoms with Gasteiger partial charge in [-0.3, -0.25) is 9.59 Å². The van der Waals surface area contributed by atoms with Gasteiger partial charge in [0.1, 0.15) is 195 Å². The molecule has 0 aromatic heterocycles. The molecule has 0 aliphatic carbocycles. The highest BCUT2D eigenvalue weighted by Crippen LogP contribution is 2.38. The van der Waals surface area contributed by atoms with Crippen LogP contribution in [0.1, 0.15) is 13.8 Å². The number of nitrogens with one attached hydrogen (secondary N) is 2. The van der Waals surface area contributed by atoms with Crippen LogP contribution in [0.4, 0.5) is 0 Å². The Morgan fingerprint density at radius 3 is 0.968 bits per heavy atom. The van der Waals surface area contributed by atoms with Crippen molar-refractivity contribution in [2.45, 2.75) is 259 Å². The predicted octanol–water partition coefficient (Wildman–Crippen LogP) is -18.2. The van der Waals surface area contributed by atoms with E-state index < -0.39 is 310 Å². The third-order valence-corrected chi connectivity index (χ3v) is 17.4. The molecule has 0 aromatic carbocycles. The van der Waals surface area contributed by atoms with E-state index in [0.29, 0.717) is 0 Å². The molecule has 8 fully saturated rings. The van der Waals surface area contributed by atoms with Gasteiger partial charge in [-0.2, -0.15) is 0 Å². The van der Waals surface area contributed by atoms with Gasteiger partial charge >= 0.3 is 0 Å². The van der Waals surface area contributed by atoms with E-state index in [1.54, 1.807) is 0 Å². The highest BCUT2D eigenvalue weighted by molar-refractivity contribution is 5.73. The average Bonchev–Trinajstić information content (AvgIpc) is 0.782. The quantitative estimate of drug-likeness (QED) is 0.0427. The number of rotatable bonds is 24. The monoisotopic (exact) mass is 1400 g/mol. The zero-order valence-corrected chi connectivity index (χ0v) is 50.4. The molecule has 0 bridgehead atoms. The molecule has 2 amide bonds. The van der Waals surface area contributed by atoms with Gasteiger partial charge in [-0.25, -0.2) is 0 Å². The summed E-state index contributed by atoms with van der Waals surface area (Å²) in [7, 11) is 0. The lowest BCUT2D eigenvalue weighted by atomic mass is 9.94. The molecule has 0 radical (unpaired) electrons. The first-order valence-corrected chi connectivity index (χ1v) is 30.1. The molecule has 0 spiro atoms. The van der Waals surface area contributed by atoms with E-state index in [2.05, 4.69) is 10.6 Å². The fraction of sp³-hybridized carbons (Fsp3) is 0.962. The predicted molar refractivity (Wildman–Crippen MR) is 288 cm³/mol. The first-order chi connectivity index (χ1) is 44.9. The molecule has 40 atom stereocenters. The Balaban J connectivity index is 1.09. The topological polar surface area (TPSA) is 682 Å². The summed E-state index contributed by atoms with van der Waals surface area (Å²) in [6.45, 7) is -6.15. The summed E-state index contributed by atoms with van der Waals surface area (Å²) in [4.78, 5) is 24.8. The van der Waals surface area contributed by atoms with Crippen molar-refractivity contribution in [2.24, 2.45) is 0 Å². The Labute approximate surface area is 536 Å². The van der Waals surface area contributed by atoms with Crippen LogP contribution in [0.3, 0.4) is 0 Å². The summed E-state index contributed by atoms with van der Waals surface area (Å²) in [6.07, 6.45) is -76.9. The lowest BCUT2D eigenvalue weighted by Crippen LogP contribution is -2.70. The van der Waals surface area contributed by atoms with Gasteiger partial charge < -0.3 is 204 Å². The van der Waals surface area contributed by atoms with Crippen molar-refractivity contribution in [2.75, 3.05) is 52.9 Å². The summed E-state index contributed by atoms with van der Waals surface area (Å²) in [5.41, 5.74) is 0. The number of carbonyl (C=O) groups is 2. The molecular weight excluding hydrogens is 1310 g/mol. The second kappa shape index (κ2) is 33.9. The number of carbonyl (C=O) groups excluding carboxylic acids is 2. The lowest BCUT2D eigenvalue weighted by molar-refractivity contribution is -0.393. The minimum absolute atomic E-state index is 0.762. The van der Waals surface area contributed by atoms with Crippen molar-refractivity contribution in [3.05, 3.63) is 0 Å². The van der Waals surface area contributed by atoms with Gasteiger partial charge in [0.2, 0.25) is 11.8 Å². The molecule has 552 valence electrons. The normalized spacial score (nSPS) is 50.8. The van der Waals surface area contributed by atoms with Gasteiger partial charge in [0.25, 0.3) is 0 Å². The van der Waals surface area contributed by atoms with Gasteiger partial charge in [0.15, 0.2) is 50.3 Å². The molecule has 0 unspecified atom stereocenters. The van der Waals surface area contributed by atoms with E-state index in [9.17, 15) is 132 Å². The van der Waals surface area contributed by atoms with Crippen LogP contribution < -0.4 is 10.6 Å². The number of ether oxygens (including phenoxy) is 15. The van der Waals surface area contributed by atoms with Crippen LogP contribution in [0.15, 0.2) is 0 Å². The van der Waals surface area contributed by atoms with E-state index in [1.807, 2.05) is 0 Å². The largest absolute Gasteiger partial charge is 0.394 e. The number of aliphatic hydroxyl groups excluding tert-OH is 24. The van der Waals surface area contributed by atoms with Gasteiger partial charge in [-0.1, -0.05) is 0 Å². The zero-order valence-electron chi connectivity index (χ0n) is 50.4. The van der Waals surface area contributed by atoms with Gasteiger partial charge in [-0.15, -0.1) is 0 Å². The maximum atomic E-state index is 12.8. The van der Waals surface area contributed by atoms with Crippen LogP contribution >= 0.6 is 0 Å². The molecule has 8 saturated heterocycles. The Kier molecular flexibility index (Phi) is 27.9. The average molecular weight is 1400 g/mol. The fourth-order valence-corrected chi connectivity index (χ4v) is 12.1. The van der Waals surface area contributed by atoms with Crippen LogP contribution in [0, 0.1) is 0 Å². The number of hydrogen-bond acceptors (Lipinski definition) is 41. The van der Waals surface area contributed by atoms with E-state index >= 15 is 0 Å². The fourth-order valence-electron chi connectivity index (χ4n) is 12.1. The molecule has 0 aromatic rings. The second-order valence-electron chi connectivity index (χ2n) is 23.9. The van der Waals surface area contributed by atoms with E-state index in [0.717, 1.165) is 13.8 Å². The van der Waals surface area contributed by atoms with Gasteiger partial charge in [0.05, 0.1) is 52.9 Å². The maximum absolute atomic E-state index is 12.8. The zero-order chi connectivity index (χ0) is 69.9. The summed E-state index contributed by atoms with van der Waals surface area (Å²) < 4.78 is 86.1. The molecule has 43 nitrogen and oxygen atoms in total. The van der Waals surface area contributed by atoms with Crippen molar-refractivity contribution < 1.29 is 203 Å². The van der Waals surface area contributed by atoms with Crippen LogP contribution in [0.5, 0.6) is 0 Å². The highest BCUT2D eigenvalue weighted by Gasteiger charge is 2.59. The molecule has 43 heteroatoms. The number of amides is 2. The third-order valence-electron chi connectivity index (χ3n) is 17.4. The van der Waals surface area contributed by atoms with Crippen LogP contribution in [-0.4, -0.2) is 433 Å². The third kappa shape index (κ3) is 17.0.